The topological polar surface area (TPSA) is 66.5 Å². The molecule has 1 aromatic rings. The fraction of sp³-hybridized carbons (Fsp3) is 0.353. The number of benzene rings is 1. The van der Waals surface area contributed by atoms with Crippen LogP contribution in [0.1, 0.15) is 19.3 Å². The van der Waals surface area contributed by atoms with Gasteiger partial charge < -0.3 is 5.32 Å². The molecule has 0 radical (unpaired) electrons. The first kappa shape index (κ1) is 15.7. The zero-order chi connectivity index (χ0) is 16.4. The molecule has 1 saturated heterocycles. The summed E-state index contributed by atoms with van der Waals surface area (Å²) in [6, 6.07) is 6.93. The van der Waals surface area contributed by atoms with Crippen molar-refractivity contribution in [3.8, 4) is 0 Å². The number of anilines is 1. The molecule has 0 bridgehead atoms. The van der Waals surface area contributed by atoms with E-state index in [0.29, 0.717) is 23.6 Å². The average molecular weight is 333 g/mol. The molecule has 3 rings (SSSR count). The molecule has 5 nitrogen and oxygen atoms in total. The van der Waals surface area contributed by atoms with Gasteiger partial charge in [-0.3, -0.25) is 19.3 Å². The van der Waals surface area contributed by atoms with E-state index in [1.54, 1.807) is 24.3 Å². The molecule has 0 spiro atoms. The van der Waals surface area contributed by atoms with E-state index in [-0.39, 0.29) is 42.5 Å². The number of para-hydroxylation sites is 1. The quantitative estimate of drug-likeness (QED) is 0.681. The molecule has 1 heterocycles. The highest BCUT2D eigenvalue weighted by atomic mass is 35.5. The summed E-state index contributed by atoms with van der Waals surface area (Å²) in [4.78, 5) is 37.8. The maximum atomic E-state index is 12.3. The van der Waals surface area contributed by atoms with Crippen molar-refractivity contribution in [3.63, 3.8) is 0 Å². The highest BCUT2D eigenvalue weighted by molar-refractivity contribution is 6.33. The molecule has 120 valence electrons. The van der Waals surface area contributed by atoms with Crippen LogP contribution in [-0.2, 0) is 14.4 Å². The monoisotopic (exact) mass is 332 g/mol. The van der Waals surface area contributed by atoms with Crippen molar-refractivity contribution in [1.29, 1.82) is 0 Å². The summed E-state index contributed by atoms with van der Waals surface area (Å²) in [5.41, 5.74) is 0.524. The predicted octanol–water partition coefficient (Wildman–Crippen LogP) is 2.62. The molecule has 6 heteroatoms. The van der Waals surface area contributed by atoms with Crippen LogP contribution in [0.15, 0.2) is 36.4 Å². The van der Waals surface area contributed by atoms with Gasteiger partial charge in [0.25, 0.3) is 0 Å². The van der Waals surface area contributed by atoms with E-state index >= 15 is 0 Å². The summed E-state index contributed by atoms with van der Waals surface area (Å²) in [6.45, 7) is 0.112. The molecule has 1 N–H and O–H groups in total. The molecular formula is C17H17ClN2O3. The highest BCUT2D eigenvalue weighted by Crippen LogP contribution is 2.35. The predicted molar refractivity (Wildman–Crippen MR) is 86.8 cm³/mol. The third kappa shape index (κ3) is 3.15. The van der Waals surface area contributed by atoms with Gasteiger partial charge in [0.05, 0.1) is 22.5 Å². The zero-order valence-electron chi connectivity index (χ0n) is 12.5. The molecule has 1 aromatic carbocycles. The van der Waals surface area contributed by atoms with Crippen molar-refractivity contribution >= 4 is 35.0 Å². The fourth-order valence-electron chi connectivity index (χ4n) is 3.08. The first-order valence-corrected chi connectivity index (χ1v) is 8.00. The minimum atomic E-state index is -0.272. The Morgan fingerprint density at radius 2 is 1.74 bits per heavy atom. The molecular weight excluding hydrogens is 316 g/mol. The van der Waals surface area contributed by atoms with Crippen LogP contribution >= 0.6 is 11.6 Å². The Labute approximate surface area is 139 Å². The maximum absolute atomic E-state index is 12.3. The maximum Gasteiger partial charge on any atom is 0.233 e. The van der Waals surface area contributed by atoms with E-state index in [4.69, 9.17) is 11.6 Å². The van der Waals surface area contributed by atoms with Crippen LogP contribution in [0.25, 0.3) is 0 Å². The lowest BCUT2D eigenvalue weighted by molar-refractivity contribution is -0.140. The van der Waals surface area contributed by atoms with Crippen molar-refractivity contribution < 1.29 is 14.4 Å². The third-order valence-electron chi connectivity index (χ3n) is 4.31. The Kier molecular flexibility index (Phi) is 4.48. The van der Waals surface area contributed by atoms with Crippen molar-refractivity contribution in [2.75, 3.05) is 11.9 Å². The lowest BCUT2D eigenvalue weighted by atomic mass is 9.85. The van der Waals surface area contributed by atoms with Crippen LogP contribution in [-0.4, -0.2) is 29.2 Å². The van der Waals surface area contributed by atoms with E-state index < -0.39 is 0 Å². The van der Waals surface area contributed by atoms with Crippen molar-refractivity contribution in [1.82, 2.24) is 4.90 Å². The number of amides is 3. The number of halogens is 1. The number of hydrogen-bond acceptors (Lipinski definition) is 3. The van der Waals surface area contributed by atoms with Gasteiger partial charge in [-0.25, -0.2) is 0 Å². The smallest absolute Gasteiger partial charge is 0.233 e. The number of rotatable bonds is 4. The van der Waals surface area contributed by atoms with E-state index in [1.165, 1.54) is 4.90 Å². The summed E-state index contributed by atoms with van der Waals surface area (Å²) in [5, 5.41) is 3.14. The minimum Gasteiger partial charge on any atom is -0.325 e. The Balaban J connectivity index is 1.58. The number of fused-ring (bicyclic) bond motifs is 1. The fourth-order valence-corrected chi connectivity index (χ4v) is 3.26. The second-order valence-electron chi connectivity index (χ2n) is 5.76. The first-order chi connectivity index (χ1) is 11.1. The Morgan fingerprint density at radius 1 is 1.13 bits per heavy atom. The van der Waals surface area contributed by atoms with Crippen molar-refractivity contribution in [2.24, 2.45) is 11.8 Å². The van der Waals surface area contributed by atoms with Crippen LogP contribution in [0.3, 0.4) is 0 Å². The average Bonchev–Trinajstić information content (AvgIpc) is 2.80. The number of carbonyl (C=O) groups is 3. The van der Waals surface area contributed by atoms with E-state index in [2.05, 4.69) is 5.32 Å². The van der Waals surface area contributed by atoms with E-state index in [1.807, 2.05) is 12.2 Å². The van der Waals surface area contributed by atoms with Gasteiger partial charge in [-0.15, -0.1) is 0 Å². The number of carbonyl (C=O) groups excluding carboxylic acids is 3. The highest BCUT2D eigenvalue weighted by Gasteiger charge is 2.46. The molecule has 1 fully saturated rings. The molecule has 3 amide bonds. The number of likely N-dealkylation sites (tertiary alicyclic amines) is 1. The number of hydrogen-bond donors (Lipinski definition) is 1. The summed E-state index contributed by atoms with van der Waals surface area (Å²) >= 11 is 5.98. The van der Waals surface area contributed by atoms with Crippen LogP contribution in [0.2, 0.25) is 5.02 Å². The molecule has 2 aliphatic rings. The summed E-state index contributed by atoms with van der Waals surface area (Å²) in [7, 11) is 0. The minimum absolute atomic E-state index is 0.0651. The van der Waals surface area contributed by atoms with Gasteiger partial charge in [0.1, 0.15) is 0 Å². The molecule has 0 saturated carbocycles. The number of nitrogens with zero attached hydrogens (tertiary/aromatic N) is 1. The second-order valence-corrected chi connectivity index (χ2v) is 6.17. The molecule has 2 atom stereocenters. The van der Waals surface area contributed by atoms with E-state index in [0.717, 1.165) is 0 Å². The molecule has 0 unspecified atom stereocenters. The van der Waals surface area contributed by atoms with Gasteiger partial charge in [0.2, 0.25) is 17.7 Å². The number of allylic oxidation sites excluding steroid dienone is 2. The lowest BCUT2D eigenvalue weighted by Gasteiger charge is -2.14. The van der Waals surface area contributed by atoms with Gasteiger partial charge in [-0.2, -0.15) is 0 Å². The van der Waals surface area contributed by atoms with Crippen LogP contribution in [0.5, 0.6) is 0 Å². The van der Waals surface area contributed by atoms with Gasteiger partial charge >= 0.3 is 0 Å². The van der Waals surface area contributed by atoms with Crippen molar-refractivity contribution in [2.45, 2.75) is 19.3 Å². The third-order valence-corrected chi connectivity index (χ3v) is 4.64. The molecule has 23 heavy (non-hydrogen) atoms. The summed E-state index contributed by atoms with van der Waals surface area (Å²) < 4.78 is 0. The van der Waals surface area contributed by atoms with Gasteiger partial charge in [-0.05, 0) is 25.0 Å². The number of nitrogens with one attached hydrogen (secondary N) is 1. The second kappa shape index (κ2) is 6.54. The molecule has 1 aliphatic heterocycles. The SMILES string of the molecule is O=C(CCN1C(=O)[C@H]2CC=CC[C@@H]2C1=O)Nc1ccccc1Cl. The van der Waals surface area contributed by atoms with Gasteiger partial charge in [0.15, 0.2) is 0 Å². The summed E-state index contributed by atoms with van der Waals surface area (Å²) in [6.07, 6.45) is 5.17. The molecule has 1 aliphatic carbocycles. The standard InChI is InChI=1S/C17H17ClN2O3/c18-13-7-3-4-8-14(13)19-15(21)9-10-20-16(22)11-5-1-2-6-12(11)17(20)23/h1-4,7-8,11-12H,5-6,9-10H2,(H,19,21)/t11-,12-/m0/s1. The van der Waals surface area contributed by atoms with E-state index in [9.17, 15) is 14.4 Å². The van der Waals surface area contributed by atoms with Gasteiger partial charge in [0, 0.05) is 13.0 Å². The van der Waals surface area contributed by atoms with Crippen LogP contribution < -0.4 is 5.32 Å². The molecule has 0 aromatic heterocycles. The summed E-state index contributed by atoms with van der Waals surface area (Å²) in [5.74, 6) is -1.09. The number of imide groups is 1. The Bertz CT molecular complexity index is 660. The van der Waals surface area contributed by atoms with Gasteiger partial charge in [-0.1, -0.05) is 35.9 Å². The largest absolute Gasteiger partial charge is 0.325 e. The zero-order valence-corrected chi connectivity index (χ0v) is 13.3. The Hall–Kier alpha value is -2.14. The Morgan fingerprint density at radius 3 is 2.35 bits per heavy atom. The normalized spacial score (nSPS) is 23.1. The van der Waals surface area contributed by atoms with Crippen molar-refractivity contribution in [3.05, 3.63) is 41.4 Å². The lowest BCUT2D eigenvalue weighted by Crippen LogP contribution is -2.34. The first-order valence-electron chi connectivity index (χ1n) is 7.62. The van der Waals surface area contributed by atoms with Crippen LogP contribution in [0, 0.1) is 11.8 Å². The van der Waals surface area contributed by atoms with Crippen LogP contribution in [0.4, 0.5) is 5.69 Å².